The third-order valence-corrected chi connectivity index (χ3v) is 1.70. The zero-order valence-electron chi connectivity index (χ0n) is 5.77. The van der Waals surface area contributed by atoms with Crippen LogP contribution in [0.2, 0.25) is 0 Å². The summed E-state index contributed by atoms with van der Waals surface area (Å²) in [4.78, 5) is -0.608. The lowest BCUT2D eigenvalue weighted by Gasteiger charge is -2.16. The summed E-state index contributed by atoms with van der Waals surface area (Å²) in [7, 11) is 0. The molecule has 0 saturated heterocycles. The maximum atomic E-state index is 8.21. The van der Waals surface area contributed by atoms with Crippen molar-refractivity contribution in [3.63, 3.8) is 0 Å². The summed E-state index contributed by atoms with van der Waals surface area (Å²) < 4.78 is 0. The van der Waals surface area contributed by atoms with E-state index in [1.807, 2.05) is 18.2 Å². The molecule has 4 heteroatoms. The van der Waals surface area contributed by atoms with Crippen molar-refractivity contribution in [2.45, 2.75) is 11.3 Å². The molecule has 1 aliphatic rings. The SMILES string of the molecule is Cl.ON=CC1(Cl)C=CC=CC1. The van der Waals surface area contributed by atoms with E-state index in [2.05, 4.69) is 5.16 Å². The molecule has 0 spiro atoms. The first-order valence-electron chi connectivity index (χ1n) is 2.99. The summed E-state index contributed by atoms with van der Waals surface area (Å²) >= 11 is 5.93. The zero-order chi connectivity index (χ0) is 7.45. The van der Waals surface area contributed by atoms with E-state index in [0.717, 1.165) is 0 Å². The fourth-order valence-corrected chi connectivity index (χ4v) is 1.01. The van der Waals surface area contributed by atoms with Crippen molar-refractivity contribution in [3.8, 4) is 0 Å². The Labute approximate surface area is 76.6 Å². The number of alkyl halides is 1. The van der Waals surface area contributed by atoms with Gasteiger partial charge in [-0.3, -0.25) is 0 Å². The molecule has 0 aromatic rings. The van der Waals surface area contributed by atoms with Gasteiger partial charge >= 0.3 is 0 Å². The lowest BCUT2D eigenvalue weighted by atomic mass is 10.0. The fraction of sp³-hybridized carbons (Fsp3) is 0.286. The Morgan fingerprint density at radius 3 is 2.73 bits per heavy atom. The summed E-state index contributed by atoms with van der Waals surface area (Å²) in [6.07, 6.45) is 9.44. The normalized spacial score (nSPS) is 28.8. The maximum absolute atomic E-state index is 8.21. The highest BCUT2D eigenvalue weighted by atomic mass is 35.5. The summed E-state index contributed by atoms with van der Waals surface area (Å²) in [6, 6.07) is 0. The number of allylic oxidation sites excluding steroid dienone is 4. The van der Waals surface area contributed by atoms with Gasteiger partial charge in [-0.1, -0.05) is 29.5 Å². The second-order valence-corrected chi connectivity index (χ2v) is 2.87. The highest BCUT2D eigenvalue weighted by molar-refractivity contribution is 6.33. The standard InChI is InChI=1S/C7H8ClNO.ClH/c8-7(6-9-10)4-2-1-3-5-7;/h1-4,6,10H,5H2;1H. The van der Waals surface area contributed by atoms with E-state index in [1.54, 1.807) is 6.08 Å². The Bertz CT molecular complexity index is 201. The zero-order valence-corrected chi connectivity index (χ0v) is 7.35. The van der Waals surface area contributed by atoms with Crippen molar-refractivity contribution in [1.82, 2.24) is 0 Å². The van der Waals surface area contributed by atoms with E-state index >= 15 is 0 Å². The molecule has 62 valence electrons. The molecule has 0 aliphatic heterocycles. The predicted octanol–water partition coefficient (Wildman–Crippen LogP) is 2.36. The fourth-order valence-electron chi connectivity index (χ4n) is 0.803. The molecule has 11 heavy (non-hydrogen) atoms. The smallest absolute Gasteiger partial charge is 0.105 e. The molecule has 0 saturated carbocycles. The third-order valence-electron chi connectivity index (χ3n) is 1.32. The van der Waals surface area contributed by atoms with Crippen LogP contribution in [0.3, 0.4) is 0 Å². The van der Waals surface area contributed by atoms with Crippen LogP contribution in [0.4, 0.5) is 0 Å². The van der Waals surface area contributed by atoms with Crippen molar-refractivity contribution in [2.75, 3.05) is 0 Å². The minimum Gasteiger partial charge on any atom is -0.411 e. The van der Waals surface area contributed by atoms with Gasteiger partial charge in [0.05, 0.1) is 6.21 Å². The van der Waals surface area contributed by atoms with Gasteiger partial charge in [0.25, 0.3) is 0 Å². The van der Waals surface area contributed by atoms with Gasteiger partial charge < -0.3 is 5.21 Å². The van der Waals surface area contributed by atoms with E-state index in [4.69, 9.17) is 16.8 Å². The molecule has 1 atom stereocenters. The lowest BCUT2D eigenvalue weighted by molar-refractivity contribution is 0.319. The minimum absolute atomic E-state index is 0. The van der Waals surface area contributed by atoms with Gasteiger partial charge in [0.2, 0.25) is 0 Å². The lowest BCUT2D eigenvalue weighted by Crippen LogP contribution is -2.20. The first kappa shape index (κ1) is 10.5. The number of hydrogen-bond donors (Lipinski definition) is 1. The molecule has 1 unspecified atom stereocenters. The van der Waals surface area contributed by atoms with Crippen LogP contribution in [0, 0.1) is 0 Å². The van der Waals surface area contributed by atoms with Crippen LogP contribution in [0.15, 0.2) is 29.5 Å². The van der Waals surface area contributed by atoms with Gasteiger partial charge in [0.1, 0.15) is 4.87 Å². The van der Waals surface area contributed by atoms with Crippen molar-refractivity contribution < 1.29 is 5.21 Å². The molecule has 0 aromatic carbocycles. The van der Waals surface area contributed by atoms with Crippen molar-refractivity contribution in [3.05, 3.63) is 24.3 Å². The molecule has 0 bridgehead atoms. The average Bonchev–Trinajstić information content (AvgIpc) is 1.89. The molecule has 0 fully saturated rings. The molecule has 1 rings (SSSR count). The van der Waals surface area contributed by atoms with Crippen molar-refractivity contribution in [2.24, 2.45) is 5.16 Å². The number of oxime groups is 1. The van der Waals surface area contributed by atoms with E-state index in [1.165, 1.54) is 6.21 Å². The monoisotopic (exact) mass is 193 g/mol. The molecule has 0 amide bonds. The van der Waals surface area contributed by atoms with E-state index in [-0.39, 0.29) is 12.4 Å². The van der Waals surface area contributed by atoms with Crippen LogP contribution < -0.4 is 0 Å². The topological polar surface area (TPSA) is 32.6 Å². The van der Waals surface area contributed by atoms with Gasteiger partial charge in [0.15, 0.2) is 0 Å². The number of halogens is 2. The van der Waals surface area contributed by atoms with Crippen LogP contribution in [0.5, 0.6) is 0 Å². The van der Waals surface area contributed by atoms with E-state index in [0.29, 0.717) is 6.42 Å². The molecule has 0 aromatic heterocycles. The van der Waals surface area contributed by atoms with Gasteiger partial charge in [-0.2, -0.15) is 0 Å². The summed E-state index contributed by atoms with van der Waals surface area (Å²) in [5.41, 5.74) is 0. The third kappa shape index (κ3) is 2.95. The van der Waals surface area contributed by atoms with Gasteiger partial charge in [-0.25, -0.2) is 0 Å². The quantitative estimate of drug-likeness (QED) is 0.295. The molecule has 0 radical (unpaired) electrons. The number of hydrogen-bond acceptors (Lipinski definition) is 2. The molecule has 2 nitrogen and oxygen atoms in total. The number of rotatable bonds is 1. The van der Waals surface area contributed by atoms with Gasteiger partial charge in [0, 0.05) is 0 Å². The first-order valence-corrected chi connectivity index (χ1v) is 3.36. The number of nitrogens with zero attached hydrogens (tertiary/aromatic N) is 1. The highest BCUT2D eigenvalue weighted by Crippen LogP contribution is 2.22. The Morgan fingerprint density at radius 1 is 1.55 bits per heavy atom. The molecular weight excluding hydrogens is 185 g/mol. The summed E-state index contributed by atoms with van der Waals surface area (Å²) in [6.45, 7) is 0. The van der Waals surface area contributed by atoms with Gasteiger partial charge in [-0.15, -0.1) is 24.0 Å². The van der Waals surface area contributed by atoms with Crippen LogP contribution >= 0.6 is 24.0 Å². The second-order valence-electron chi connectivity index (χ2n) is 2.16. The average molecular weight is 194 g/mol. The minimum atomic E-state index is -0.608. The van der Waals surface area contributed by atoms with E-state index in [9.17, 15) is 0 Å². The van der Waals surface area contributed by atoms with Gasteiger partial charge in [-0.05, 0) is 6.42 Å². The molecular formula is C7H9Cl2NO. The summed E-state index contributed by atoms with van der Waals surface area (Å²) in [5.74, 6) is 0. The van der Waals surface area contributed by atoms with Crippen molar-refractivity contribution in [1.29, 1.82) is 0 Å². The van der Waals surface area contributed by atoms with E-state index < -0.39 is 4.87 Å². The molecule has 1 N–H and O–H groups in total. The second kappa shape index (κ2) is 4.42. The molecule has 0 heterocycles. The Morgan fingerprint density at radius 2 is 2.27 bits per heavy atom. The predicted molar refractivity (Wildman–Crippen MR) is 49.0 cm³/mol. The van der Waals surface area contributed by atoms with Crippen LogP contribution in [-0.2, 0) is 0 Å². The van der Waals surface area contributed by atoms with Crippen LogP contribution in [-0.4, -0.2) is 16.3 Å². The Balaban J connectivity index is 0.000001000. The Hall–Kier alpha value is -0.470. The largest absolute Gasteiger partial charge is 0.411 e. The molecule has 1 aliphatic carbocycles. The maximum Gasteiger partial charge on any atom is 0.105 e. The Kier molecular flexibility index (Phi) is 4.23. The van der Waals surface area contributed by atoms with Crippen LogP contribution in [0.1, 0.15) is 6.42 Å². The van der Waals surface area contributed by atoms with Crippen molar-refractivity contribution >= 4 is 30.2 Å². The highest BCUT2D eigenvalue weighted by Gasteiger charge is 2.20. The van der Waals surface area contributed by atoms with Crippen LogP contribution in [0.25, 0.3) is 0 Å². The summed E-state index contributed by atoms with van der Waals surface area (Å²) in [5, 5.41) is 11.1. The first-order chi connectivity index (χ1) is 4.77.